The number of piperidine rings is 2. The molecule has 5 aliphatic rings. The van der Waals surface area contributed by atoms with Crippen LogP contribution in [0.3, 0.4) is 0 Å². The standard InChI is InChI=1S/C28H36ClN5O2/c29-24-15-21(6-5-20(24)18-30)34-25(19-3-1-2-4-19)16-26(31-34)32-13-9-28(10-14-32)17-23(28)27(36)33-11-7-22(35)8-12-33/h5-6,15,19,22-23,25,35H,1-4,7-14,16-17H2. The molecule has 8 heteroatoms. The van der Waals surface area contributed by atoms with Gasteiger partial charge in [0.25, 0.3) is 0 Å². The number of hydrogen-bond donors (Lipinski definition) is 1. The Morgan fingerprint density at radius 3 is 2.50 bits per heavy atom. The van der Waals surface area contributed by atoms with Crippen molar-refractivity contribution in [3.8, 4) is 6.07 Å². The molecule has 2 unspecified atom stereocenters. The van der Waals surface area contributed by atoms with E-state index in [1.54, 1.807) is 6.07 Å². The first-order chi connectivity index (χ1) is 17.5. The maximum atomic E-state index is 13.1. The van der Waals surface area contributed by atoms with Gasteiger partial charge in [-0.2, -0.15) is 10.4 Å². The number of hydrazone groups is 1. The van der Waals surface area contributed by atoms with Crippen LogP contribution in [0.5, 0.6) is 0 Å². The van der Waals surface area contributed by atoms with Crippen LogP contribution in [0, 0.1) is 28.6 Å². The smallest absolute Gasteiger partial charge is 0.226 e. The minimum atomic E-state index is -0.245. The van der Waals surface area contributed by atoms with Gasteiger partial charge in [0.2, 0.25) is 5.91 Å². The number of anilines is 1. The highest BCUT2D eigenvalue weighted by molar-refractivity contribution is 6.32. The van der Waals surface area contributed by atoms with E-state index in [2.05, 4.69) is 16.0 Å². The van der Waals surface area contributed by atoms with Crippen LogP contribution in [0.2, 0.25) is 5.02 Å². The number of aliphatic hydroxyl groups excluding tert-OH is 1. The van der Waals surface area contributed by atoms with Gasteiger partial charge in [-0.3, -0.25) is 9.80 Å². The van der Waals surface area contributed by atoms with Crippen molar-refractivity contribution in [2.24, 2.45) is 22.4 Å². The summed E-state index contributed by atoms with van der Waals surface area (Å²) < 4.78 is 0. The second-order valence-corrected chi connectivity index (χ2v) is 12.0. The molecule has 1 aromatic carbocycles. The molecule has 1 N–H and O–H groups in total. The number of hydrogen-bond acceptors (Lipinski definition) is 6. The van der Waals surface area contributed by atoms with Crippen LogP contribution in [-0.2, 0) is 4.79 Å². The number of benzene rings is 1. The Labute approximate surface area is 218 Å². The molecule has 3 aliphatic heterocycles. The molecule has 2 saturated carbocycles. The topological polar surface area (TPSA) is 83.2 Å². The molecule has 6 rings (SSSR count). The second kappa shape index (κ2) is 9.54. The van der Waals surface area contributed by atoms with Gasteiger partial charge in [-0.15, -0.1) is 0 Å². The number of halogens is 1. The molecule has 192 valence electrons. The fraction of sp³-hybridized carbons (Fsp3) is 0.679. The van der Waals surface area contributed by atoms with Crippen molar-refractivity contribution in [3.05, 3.63) is 28.8 Å². The molecule has 0 bridgehead atoms. The molecule has 2 aliphatic carbocycles. The lowest BCUT2D eigenvalue weighted by molar-refractivity contribution is -0.135. The Kier molecular flexibility index (Phi) is 6.37. The highest BCUT2D eigenvalue weighted by Gasteiger charge is 2.59. The summed E-state index contributed by atoms with van der Waals surface area (Å²) in [5.74, 6) is 2.28. The van der Waals surface area contributed by atoms with Gasteiger partial charge in [0, 0.05) is 38.5 Å². The van der Waals surface area contributed by atoms with Gasteiger partial charge in [0.05, 0.1) is 28.4 Å². The average molecular weight is 510 g/mol. The van der Waals surface area contributed by atoms with E-state index >= 15 is 0 Å². The number of amides is 1. The fourth-order valence-electron chi connectivity index (χ4n) is 7.17. The van der Waals surface area contributed by atoms with Gasteiger partial charge < -0.3 is 14.9 Å². The summed E-state index contributed by atoms with van der Waals surface area (Å²) in [4.78, 5) is 17.6. The monoisotopic (exact) mass is 509 g/mol. The fourth-order valence-corrected chi connectivity index (χ4v) is 7.38. The van der Waals surface area contributed by atoms with Crippen molar-refractivity contribution in [2.75, 3.05) is 31.2 Å². The summed E-state index contributed by atoms with van der Waals surface area (Å²) in [6, 6.07) is 8.16. The lowest BCUT2D eigenvalue weighted by Gasteiger charge is -2.35. The third kappa shape index (κ3) is 4.37. The van der Waals surface area contributed by atoms with E-state index in [-0.39, 0.29) is 17.4 Å². The Morgan fingerprint density at radius 1 is 1.11 bits per heavy atom. The molecule has 36 heavy (non-hydrogen) atoms. The van der Waals surface area contributed by atoms with Crippen molar-refractivity contribution in [1.82, 2.24) is 9.80 Å². The normalized spacial score (nSPS) is 28.5. The number of rotatable bonds is 3. The first-order valence-corrected chi connectivity index (χ1v) is 14.1. The van der Waals surface area contributed by atoms with Crippen molar-refractivity contribution in [2.45, 2.75) is 76.4 Å². The van der Waals surface area contributed by atoms with Crippen LogP contribution in [0.4, 0.5) is 5.69 Å². The SMILES string of the molecule is N#Cc1ccc(N2N=C(N3CCC4(CC3)CC4C(=O)N3CCC(O)CC3)CC2C2CCCC2)cc1Cl. The van der Waals surface area contributed by atoms with Crippen LogP contribution < -0.4 is 5.01 Å². The Morgan fingerprint density at radius 2 is 1.83 bits per heavy atom. The highest BCUT2D eigenvalue weighted by Crippen LogP contribution is 2.60. The Balaban J connectivity index is 1.13. The molecular formula is C28H36ClN5O2. The summed E-state index contributed by atoms with van der Waals surface area (Å²) in [6.45, 7) is 3.32. The van der Waals surface area contributed by atoms with Gasteiger partial charge in [-0.25, -0.2) is 0 Å². The number of likely N-dealkylation sites (tertiary alicyclic amines) is 2. The van der Waals surface area contributed by atoms with Crippen LogP contribution in [0.25, 0.3) is 0 Å². The zero-order chi connectivity index (χ0) is 24.9. The maximum Gasteiger partial charge on any atom is 0.226 e. The number of carbonyl (C=O) groups excluding carboxylic acids is 1. The van der Waals surface area contributed by atoms with Gasteiger partial charge in [0.1, 0.15) is 11.9 Å². The molecule has 0 aromatic heterocycles. The molecule has 2 saturated heterocycles. The highest BCUT2D eigenvalue weighted by atomic mass is 35.5. The first-order valence-electron chi connectivity index (χ1n) is 13.8. The molecule has 4 fully saturated rings. The van der Waals surface area contributed by atoms with Gasteiger partial charge >= 0.3 is 0 Å². The van der Waals surface area contributed by atoms with Crippen LogP contribution in [0.15, 0.2) is 23.3 Å². The van der Waals surface area contributed by atoms with E-state index in [1.165, 1.54) is 25.7 Å². The second-order valence-electron chi connectivity index (χ2n) is 11.6. The predicted molar refractivity (Wildman–Crippen MR) is 140 cm³/mol. The van der Waals surface area contributed by atoms with Crippen molar-refractivity contribution in [1.29, 1.82) is 5.26 Å². The van der Waals surface area contributed by atoms with Crippen molar-refractivity contribution in [3.63, 3.8) is 0 Å². The van der Waals surface area contributed by atoms with Crippen molar-refractivity contribution >= 4 is 29.0 Å². The molecule has 7 nitrogen and oxygen atoms in total. The summed E-state index contributed by atoms with van der Waals surface area (Å²) >= 11 is 6.39. The van der Waals surface area contributed by atoms with E-state index in [1.807, 2.05) is 17.0 Å². The summed E-state index contributed by atoms with van der Waals surface area (Å²) in [5, 5.41) is 26.9. The number of nitriles is 1. The minimum Gasteiger partial charge on any atom is -0.393 e. The predicted octanol–water partition coefficient (Wildman–Crippen LogP) is 4.38. The maximum absolute atomic E-state index is 13.1. The first kappa shape index (κ1) is 24.1. The van der Waals surface area contributed by atoms with Gasteiger partial charge in [-0.05, 0) is 74.5 Å². The van der Waals surface area contributed by atoms with Crippen molar-refractivity contribution < 1.29 is 9.90 Å². The molecule has 3 heterocycles. The molecule has 1 amide bonds. The van der Waals surface area contributed by atoms with Gasteiger partial charge in [0.15, 0.2) is 0 Å². The lowest BCUT2D eigenvalue weighted by atomic mass is 9.89. The van der Waals surface area contributed by atoms with E-state index < -0.39 is 0 Å². The van der Waals surface area contributed by atoms with E-state index in [9.17, 15) is 15.2 Å². The molecule has 1 spiro atoms. The zero-order valence-electron chi connectivity index (χ0n) is 20.9. The van der Waals surface area contributed by atoms with Gasteiger partial charge in [-0.1, -0.05) is 24.4 Å². The average Bonchev–Trinajstić information content (AvgIpc) is 3.23. The van der Waals surface area contributed by atoms with Crippen LogP contribution in [0.1, 0.15) is 69.8 Å². The largest absolute Gasteiger partial charge is 0.393 e. The number of amidine groups is 1. The summed E-state index contributed by atoms with van der Waals surface area (Å²) in [6.07, 6.45) is 10.3. The summed E-state index contributed by atoms with van der Waals surface area (Å²) in [5.41, 5.74) is 1.64. The number of carbonyl (C=O) groups is 1. The van der Waals surface area contributed by atoms with E-state index in [4.69, 9.17) is 16.7 Å². The molecular weight excluding hydrogens is 474 g/mol. The zero-order valence-corrected chi connectivity index (χ0v) is 21.7. The number of aliphatic hydroxyl groups is 1. The van der Waals surface area contributed by atoms with Crippen LogP contribution in [-0.4, -0.2) is 65.0 Å². The van der Waals surface area contributed by atoms with E-state index in [0.717, 1.165) is 50.3 Å². The third-order valence-electron chi connectivity index (χ3n) is 9.60. The molecule has 0 radical (unpaired) electrons. The third-order valence-corrected chi connectivity index (χ3v) is 9.91. The Bertz CT molecular complexity index is 1080. The Hall–Kier alpha value is -2.30. The lowest BCUT2D eigenvalue weighted by Crippen LogP contribution is -2.43. The quantitative estimate of drug-likeness (QED) is 0.653. The van der Waals surface area contributed by atoms with E-state index in [0.29, 0.717) is 54.4 Å². The molecule has 1 aromatic rings. The van der Waals surface area contributed by atoms with Crippen LogP contribution >= 0.6 is 11.6 Å². The molecule has 2 atom stereocenters. The summed E-state index contributed by atoms with van der Waals surface area (Å²) in [7, 11) is 0. The number of nitrogens with zero attached hydrogens (tertiary/aromatic N) is 5. The minimum absolute atomic E-state index is 0.170.